The maximum absolute atomic E-state index is 11.8. The van der Waals surface area contributed by atoms with Crippen molar-refractivity contribution >= 4 is 11.6 Å². The van der Waals surface area contributed by atoms with E-state index in [4.69, 9.17) is 16.3 Å². The summed E-state index contributed by atoms with van der Waals surface area (Å²) in [7, 11) is 0. The minimum absolute atomic E-state index is 0.120. The summed E-state index contributed by atoms with van der Waals surface area (Å²) in [6, 6.07) is 5.61. The molecule has 0 saturated carbocycles. The SMILES string of the molecule is Cc1ccc(CC(O)CCOCC(F)F)c(Cl)c1. The third-order valence-corrected chi connectivity index (χ3v) is 2.86. The highest BCUT2D eigenvalue weighted by Gasteiger charge is 2.09. The number of ether oxygens (including phenoxy) is 1. The van der Waals surface area contributed by atoms with E-state index in [-0.39, 0.29) is 6.61 Å². The largest absolute Gasteiger partial charge is 0.393 e. The van der Waals surface area contributed by atoms with Crippen LogP contribution in [0.3, 0.4) is 0 Å². The summed E-state index contributed by atoms with van der Waals surface area (Å²) >= 11 is 6.03. The van der Waals surface area contributed by atoms with E-state index < -0.39 is 19.1 Å². The van der Waals surface area contributed by atoms with Crippen LogP contribution in [0, 0.1) is 6.92 Å². The standard InChI is InChI=1S/C13H17ClF2O2/c1-9-2-3-10(12(14)6-9)7-11(17)4-5-18-8-13(15)16/h2-3,6,11,13,17H,4-5,7-8H2,1H3. The summed E-state index contributed by atoms with van der Waals surface area (Å²) in [6.07, 6.45) is -2.38. The summed E-state index contributed by atoms with van der Waals surface area (Å²) in [5.41, 5.74) is 1.90. The zero-order valence-corrected chi connectivity index (χ0v) is 11.0. The van der Waals surface area contributed by atoms with Crippen molar-refractivity contribution in [3.63, 3.8) is 0 Å². The number of rotatable bonds is 7. The summed E-state index contributed by atoms with van der Waals surface area (Å²) in [5, 5.41) is 10.3. The van der Waals surface area contributed by atoms with Gasteiger partial charge in [0, 0.05) is 11.6 Å². The normalized spacial score (nSPS) is 13.0. The lowest BCUT2D eigenvalue weighted by Gasteiger charge is -2.12. The zero-order chi connectivity index (χ0) is 13.5. The highest BCUT2D eigenvalue weighted by molar-refractivity contribution is 6.31. The van der Waals surface area contributed by atoms with Gasteiger partial charge < -0.3 is 9.84 Å². The molecule has 0 aliphatic rings. The van der Waals surface area contributed by atoms with Crippen molar-refractivity contribution in [1.29, 1.82) is 0 Å². The van der Waals surface area contributed by atoms with Crippen LogP contribution in [0.25, 0.3) is 0 Å². The minimum atomic E-state index is -2.46. The molecule has 0 radical (unpaired) electrons. The average molecular weight is 279 g/mol. The Labute approximate surface area is 111 Å². The van der Waals surface area contributed by atoms with Crippen LogP contribution in [-0.2, 0) is 11.2 Å². The number of benzene rings is 1. The quantitative estimate of drug-likeness (QED) is 0.776. The summed E-state index contributed by atoms with van der Waals surface area (Å²) in [6.45, 7) is 1.47. The molecule has 1 aromatic carbocycles. The molecule has 102 valence electrons. The summed E-state index contributed by atoms with van der Waals surface area (Å²) in [5.74, 6) is 0. The first-order valence-electron chi connectivity index (χ1n) is 5.78. The number of alkyl halides is 2. The molecule has 0 spiro atoms. The van der Waals surface area contributed by atoms with Gasteiger partial charge in [-0.25, -0.2) is 8.78 Å². The number of aryl methyl sites for hydroxylation is 1. The lowest BCUT2D eigenvalue weighted by atomic mass is 10.0. The molecule has 0 aromatic heterocycles. The molecule has 0 heterocycles. The van der Waals surface area contributed by atoms with Gasteiger partial charge in [-0.15, -0.1) is 0 Å². The lowest BCUT2D eigenvalue weighted by molar-refractivity contribution is 0.00512. The van der Waals surface area contributed by atoms with Crippen LogP contribution in [0.15, 0.2) is 18.2 Å². The third-order valence-electron chi connectivity index (χ3n) is 2.50. The molecule has 0 aliphatic heterocycles. The molecule has 0 bridgehead atoms. The molecule has 5 heteroatoms. The van der Waals surface area contributed by atoms with Crippen LogP contribution in [0.1, 0.15) is 17.5 Å². The fourth-order valence-electron chi connectivity index (χ4n) is 1.57. The molecular formula is C13H17ClF2O2. The van der Waals surface area contributed by atoms with Crippen molar-refractivity contribution in [2.24, 2.45) is 0 Å². The second-order valence-corrected chi connectivity index (χ2v) is 4.61. The van der Waals surface area contributed by atoms with E-state index in [1.54, 1.807) is 0 Å². The molecule has 1 aromatic rings. The molecule has 0 aliphatic carbocycles. The molecule has 0 saturated heterocycles. The molecule has 0 fully saturated rings. The van der Waals surface area contributed by atoms with Gasteiger partial charge >= 0.3 is 0 Å². The molecule has 1 unspecified atom stereocenters. The van der Waals surface area contributed by atoms with Crippen molar-refractivity contribution in [3.8, 4) is 0 Å². The Kier molecular flexibility index (Phi) is 6.54. The van der Waals surface area contributed by atoms with Crippen LogP contribution in [0.5, 0.6) is 0 Å². The summed E-state index contributed by atoms with van der Waals surface area (Å²) < 4.78 is 28.3. The molecule has 0 amide bonds. The Morgan fingerprint density at radius 1 is 1.39 bits per heavy atom. The van der Waals surface area contributed by atoms with Gasteiger partial charge in [-0.2, -0.15) is 0 Å². The molecule has 18 heavy (non-hydrogen) atoms. The first-order valence-corrected chi connectivity index (χ1v) is 6.16. The third kappa shape index (κ3) is 5.76. The van der Waals surface area contributed by atoms with Crippen LogP contribution in [0.4, 0.5) is 8.78 Å². The first kappa shape index (κ1) is 15.3. The van der Waals surface area contributed by atoms with Crippen molar-refractivity contribution in [3.05, 3.63) is 34.3 Å². The van der Waals surface area contributed by atoms with E-state index in [0.717, 1.165) is 11.1 Å². The first-order chi connectivity index (χ1) is 8.49. The predicted molar refractivity (Wildman–Crippen MR) is 67.3 cm³/mol. The van der Waals surface area contributed by atoms with Gasteiger partial charge in [0.1, 0.15) is 6.61 Å². The van der Waals surface area contributed by atoms with Crippen LogP contribution >= 0.6 is 11.6 Å². The number of aliphatic hydroxyl groups is 1. The van der Waals surface area contributed by atoms with E-state index in [9.17, 15) is 13.9 Å². The Morgan fingerprint density at radius 3 is 2.72 bits per heavy atom. The van der Waals surface area contributed by atoms with Crippen LogP contribution < -0.4 is 0 Å². The predicted octanol–water partition coefficient (Wildman–Crippen LogP) is 3.22. The zero-order valence-electron chi connectivity index (χ0n) is 10.2. The van der Waals surface area contributed by atoms with Gasteiger partial charge in [-0.05, 0) is 37.0 Å². The highest BCUT2D eigenvalue weighted by atomic mass is 35.5. The van der Waals surface area contributed by atoms with E-state index in [1.165, 1.54) is 0 Å². The van der Waals surface area contributed by atoms with Gasteiger partial charge in [0.15, 0.2) is 0 Å². The number of halogens is 3. The van der Waals surface area contributed by atoms with Crippen molar-refractivity contribution in [2.75, 3.05) is 13.2 Å². The van der Waals surface area contributed by atoms with Crippen molar-refractivity contribution < 1.29 is 18.6 Å². The molecule has 1 rings (SSSR count). The van der Waals surface area contributed by atoms with Crippen LogP contribution in [-0.4, -0.2) is 30.8 Å². The second-order valence-electron chi connectivity index (χ2n) is 4.21. The molecule has 2 nitrogen and oxygen atoms in total. The summed E-state index contributed by atoms with van der Waals surface area (Å²) in [4.78, 5) is 0. The minimum Gasteiger partial charge on any atom is -0.393 e. The molecule has 1 N–H and O–H groups in total. The maximum Gasteiger partial charge on any atom is 0.261 e. The van der Waals surface area contributed by atoms with Gasteiger partial charge in [0.25, 0.3) is 6.43 Å². The van der Waals surface area contributed by atoms with Crippen LogP contribution in [0.2, 0.25) is 5.02 Å². The number of aliphatic hydroxyl groups excluding tert-OH is 1. The van der Waals surface area contributed by atoms with Crippen molar-refractivity contribution in [2.45, 2.75) is 32.3 Å². The highest BCUT2D eigenvalue weighted by Crippen LogP contribution is 2.19. The number of hydrogen-bond acceptors (Lipinski definition) is 2. The smallest absolute Gasteiger partial charge is 0.261 e. The van der Waals surface area contributed by atoms with Gasteiger partial charge in [0.05, 0.1) is 6.10 Å². The van der Waals surface area contributed by atoms with E-state index >= 15 is 0 Å². The van der Waals surface area contributed by atoms with Gasteiger partial charge in [0.2, 0.25) is 0 Å². The van der Waals surface area contributed by atoms with E-state index in [1.807, 2.05) is 25.1 Å². The second kappa shape index (κ2) is 7.67. The number of hydrogen-bond donors (Lipinski definition) is 1. The molecule has 1 atom stereocenters. The Morgan fingerprint density at radius 2 is 2.11 bits per heavy atom. The Balaban J connectivity index is 2.33. The van der Waals surface area contributed by atoms with Gasteiger partial charge in [-0.3, -0.25) is 0 Å². The van der Waals surface area contributed by atoms with Crippen molar-refractivity contribution in [1.82, 2.24) is 0 Å². The van der Waals surface area contributed by atoms with E-state index in [0.29, 0.717) is 17.9 Å². The van der Waals surface area contributed by atoms with Gasteiger partial charge in [-0.1, -0.05) is 23.7 Å². The Hall–Kier alpha value is -0.710. The Bertz CT molecular complexity index is 372. The van der Waals surface area contributed by atoms with E-state index in [2.05, 4.69) is 0 Å². The fourth-order valence-corrected chi connectivity index (χ4v) is 1.88. The fraction of sp³-hybridized carbons (Fsp3) is 0.538. The maximum atomic E-state index is 11.8. The average Bonchev–Trinajstić information content (AvgIpc) is 2.28. The molecular weight excluding hydrogens is 262 g/mol. The lowest BCUT2D eigenvalue weighted by Crippen LogP contribution is -2.15. The monoisotopic (exact) mass is 278 g/mol. The topological polar surface area (TPSA) is 29.5 Å².